The van der Waals surface area contributed by atoms with E-state index in [1.54, 1.807) is 30.4 Å². The SMILES string of the molecule is COC1=CC=CC2=NCC(c3ccccc3)(c3ccc(C(=O)O)cc3)C(=O)N12. The number of hydrogen-bond acceptors (Lipinski definition) is 4. The summed E-state index contributed by atoms with van der Waals surface area (Å²) in [5.74, 6) is -0.281. The van der Waals surface area contributed by atoms with Crippen molar-refractivity contribution in [3.63, 3.8) is 0 Å². The van der Waals surface area contributed by atoms with Crippen LogP contribution in [0.3, 0.4) is 0 Å². The lowest BCUT2D eigenvalue weighted by atomic mass is 9.72. The van der Waals surface area contributed by atoms with E-state index >= 15 is 0 Å². The van der Waals surface area contributed by atoms with Crippen LogP contribution in [0.1, 0.15) is 21.5 Å². The van der Waals surface area contributed by atoms with Crippen LogP contribution in [0.5, 0.6) is 0 Å². The van der Waals surface area contributed by atoms with E-state index < -0.39 is 11.4 Å². The minimum atomic E-state index is -1.08. The molecule has 2 aliphatic rings. The van der Waals surface area contributed by atoms with Crippen LogP contribution in [-0.4, -0.2) is 41.4 Å². The van der Waals surface area contributed by atoms with Gasteiger partial charge in [-0.2, -0.15) is 0 Å². The number of methoxy groups -OCH3 is 1. The molecule has 1 atom stereocenters. The van der Waals surface area contributed by atoms with Gasteiger partial charge in [0.1, 0.15) is 11.3 Å². The molecule has 0 aromatic heterocycles. The first-order chi connectivity index (χ1) is 13.6. The number of fused-ring (bicyclic) bond motifs is 1. The first-order valence-corrected chi connectivity index (χ1v) is 8.78. The second-order valence-electron chi connectivity index (χ2n) is 6.54. The second kappa shape index (κ2) is 6.81. The maximum Gasteiger partial charge on any atom is 0.335 e. The molecule has 0 fully saturated rings. The third kappa shape index (κ3) is 2.62. The molecule has 6 heteroatoms. The first-order valence-electron chi connectivity index (χ1n) is 8.78. The highest BCUT2D eigenvalue weighted by Gasteiger charge is 2.49. The Bertz CT molecular complexity index is 1020. The zero-order valence-corrected chi connectivity index (χ0v) is 15.2. The van der Waals surface area contributed by atoms with Gasteiger partial charge in [-0.1, -0.05) is 48.5 Å². The zero-order chi connectivity index (χ0) is 19.7. The van der Waals surface area contributed by atoms with Gasteiger partial charge < -0.3 is 9.84 Å². The smallest absolute Gasteiger partial charge is 0.335 e. The van der Waals surface area contributed by atoms with Crippen LogP contribution in [0.2, 0.25) is 0 Å². The number of aromatic carboxylic acids is 1. The van der Waals surface area contributed by atoms with E-state index in [2.05, 4.69) is 4.99 Å². The van der Waals surface area contributed by atoms with E-state index in [0.29, 0.717) is 17.3 Å². The summed E-state index contributed by atoms with van der Waals surface area (Å²) in [5.41, 5.74) is 0.556. The van der Waals surface area contributed by atoms with Crippen molar-refractivity contribution in [1.29, 1.82) is 0 Å². The molecule has 0 spiro atoms. The third-order valence-corrected chi connectivity index (χ3v) is 5.08. The van der Waals surface area contributed by atoms with Crippen LogP contribution >= 0.6 is 0 Å². The molecule has 0 aliphatic carbocycles. The highest BCUT2D eigenvalue weighted by molar-refractivity contribution is 6.12. The average Bonchev–Trinajstić information content (AvgIpc) is 2.74. The number of hydrogen-bond donors (Lipinski definition) is 1. The number of amidine groups is 1. The van der Waals surface area contributed by atoms with Crippen molar-refractivity contribution in [1.82, 2.24) is 4.90 Å². The molecule has 4 rings (SSSR count). The van der Waals surface area contributed by atoms with Gasteiger partial charge in [-0.15, -0.1) is 0 Å². The van der Waals surface area contributed by atoms with Gasteiger partial charge in [-0.3, -0.25) is 9.79 Å². The Balaban J connectivity index is 1.92. The Morgan fingerprint density at radius 2 is 1.79 bits per heavy atom. The van der Waals surface area contributed by atoms with E-state index in [1.165, 1.54) is 24.1 Å². The number of ether oxygens (including phenoxy) is 1. The maximum atomic E-state index is 13.8. The predicted molar refractivity (Wildman–Crippen MR) is 104 cm³/mol. The molecule has 6 nitrogen and oxygen atoms in total. The normalized spacial score (nSPS) is 20.9. The number of amides is 1. The van der Waals surface area contributed by atoms with Gasteiger partial charge in [0.2, 0.25) is 5.88 Å². The van der Waals surface area contributed by atoms with Gasteiger partial charge in [0, 0.05) is 0 Å². The Morgan fingerprint density at radius 1 is 1.11 bits per heavy atom. The third-order valence-electron chi connectivity index (χ3n) is 5.08. The van der Waals surface area contributed by atoms with Crippen molar-refractivity contribution in [2.45, 2.75) is 5.41 Å². The molecule has 2 aromatic carbocycles. The van der Waals surface area contributed by atoms with E-state index in [0.717, 1.165) is 5.56 Å². The van der Waals surface area contributed by atoms with Crippen LogP contribution < -0.4 is 0 Å². The number of nitrogens with zero attached hydrogens (tertiary/aromatic N) is 2. The van der Waals surface area contributed by atoms with E-state index in [1.807, 2.05) is 30.3 Å². The molecular weight excluding hydrogens is 356 g/mol. The van der Waals surface area contributed by atoms with Gasteiger partial charge in [0.25, 0.3) is 5.91 Å². The minimum Gasteiger partial charge on any atom is -0.482 e. The number of aliphatic imine (C=N–C) groups is 1. The first kappa shape index (κ1) is 17.7. The van der Waals surface area contributed by atoms with Gasteiger partial charge in [-0.05, 0) is 35.4 Å². The van der Waals surface area contributed by atoms with Gasteiger partial charge >= 0.3 is 5.97 Å². The maximum absolute atomic E-state index is 13.8. The van der Waals surface area contributed by atoms with Crippen LogP contribution in [0.25, 0.3) is 0 Å². The van der Waals surface area contributed by atoms with Gasteiger partial charge in [-0.25, -0.2) is 9.69 Å². The lowest BCUT2D eigenvalue weighted by Gasteiger charge is -2.41. The molecule has 2 heterocycles. The monoisotopic (exact) mass is 374 g/mol. The fraction of sp³-hybridized carbons (Fsp3) is 0.136. The number of allylic oxidation sites excluding steroid dienone is 2. The van der Waals surface area contributed by atoms with Crippen molar-refractivity contribution in [3.05, 3.63) is 95.4 Å². The molecule has 1 amide bonds. The number of carboxylic acid groups (broad SMARTS) is 1. The quantitative estimate of drug-likeness (QED) is 0.892. The number of carbonyl (C=O) groups is 2. The number of rotatable bonds is 4. The average molecular weight is 374 g/mol. The fourth-order valence-electron chi connectivity index (χ4n) is 3.64. The molecular formula is C22H18N2O4. The summed E-state index contributed by atoms with van der Waals surface area (Å²) in [4.78, 5) is 31.2. The Hall–Kier alpha value is -3.67. The summed E-state index contributed by atoms with van der Waals surface area (Å²) < 4.78 is 5.40. The Morgan fingerprint density at radius 3 is 2.43 bits per heavy atom. The summed E-state index contributed by atoms with van der Waals surface area (Å²) >= 11 is 0. The van der Waals surface area contributed by atoms with E-state index in [4.69, 9.17) is 4.74 Å². The molecule has 28 heavy (non-hydrogen) atoms. The van der Waals surface area contributed by atoms with E-state index in [9.17, 15) is 14.7 Å². The molecule has 2 aromatic rings. The summed E-state index contributed by atoms with van der Waals surface area (Å²) in [6.45, 7) is 0.218. The zero-order valence-electron chi connectivity index (χ0n) is 15.2. The second-order valence-corrected chi connectivity index (χ2v) is 6.54. The van der Waals surface area contributed by atoms with E-state index in [-0.39, 0.29) is 18.0 Å². The van der Waals surface area contributed by atoms with Crippen molar-refractivity contribution < 1.29 is 19.4 Å². The Kier molecular flexibility index (Phi) is 4.31. The number of carboxylic acids is 1. The summed E-state index contributed by atoms with van der Waals surface area (Å²) in [6.07, 6.45) is 5.27. The highest BCUT2D eigenvalue weighted by Crippen LogP contribution is 2.39. The Labute approximate surface area is 162 Å². The van der Waals surface area contributed by atoms with Crippen LogP contribution in [-0.2, 0) is 14.9 Å². The predicted octanol–water partition coefficient (Wildman–Crippen LogP) is 2.97. The fourth-order valence-corrected chi connectivity index (χ4v) is 3.64. The van der Waals surface area contributed by atoms with Crippen LogP contribution in [0.15, 0.2) is 83.7 Å². The largest absolute Gasteiger partial charge is 0.482 e. The molecule has 140 valence electrons. The molecule has 0 saturated heterocycles. The van der Waals surface area contributed by atoms with Crippen molar-refractivity contribution in [2.75, 3.05) is 13.7 Å². The molecule has 0 radical (unpaired) electrons. The molecule has 0 saturated carbocycles. The van der Waals surface area contributed by atoms with Crippen LogP contribution in [0, 0.1) is 0 Å². The lowest BCUT2D eigenvalue weighted by Crippen LogP contribution is -2.55. The van der Waals surface area contributed by atoms with Crippen LogP contribution in [0.4, 0.5) is 0 Å². The summed E-state index contributed by atoms with van der Waals surface area (Å²) in [6, 6.07) is 15.8. The number of carbonyl (C=O) groups excluding carboxylic acids is 1. The van der Waals surface area contributed by atoms with Gasteiger partial charge in [0.05, 0.1) is 19.2 Å². The topological polar surface area (TPSA) is 79.2 Å². The van der Waals surface area contributed by atoms with Crippen molar-refractivity contribution in [3.8, 4) is 0 Å². The van der Waals surface area contributed by atoms with Crippen molar-refractivity contribution >= 4 is 17.7 Å². The minimum absolute atomic E-state index is 0.165. The van der Waals surface area contributed by atoms with Gasteiger partial charge in [0.15, 0.2) is 0 Å². The van der Waals surface area contributed by atoms with Crippen molar-refractivity contribution in [2.24, 2.45) is 4.99 Å². The molecule has 1 N–H and O–H groups in total. The number of benzene rings is 2. The molecule has 2 aliphatic heterocycles. The standard InChI is InChI=1S/C22H18N2O4/c1-28-19-9-5-8-18-23-14-22(21(27)24(18)19,16-6-3-2-4-7-16)17-12-10-15(11-13-17)20(25)26/h2-13H,14H2,1H3,(H,25,26). The summed E-state index contributed by atoms with van der Waals surface area (Å²) in [7, 11) is 1.51. The molecule has 0 bridgehead atoms. The highest BCUT2D eigenvalue weighted by atomic mass is 16.5. The molecule has 1 unspecified atom stereocenters. The lowest BCUT2D eigenvalue weighted by molar-refractivity contribution is -0.132. The summed E-state index contributed by atoms with van der Waals surface area (Å²) in [5, 5.41) is 9.21.